The molecular weight excluding hydrogens is 574 g/mol. The second-order valence-electron chi connectivity index (χ2n) is 10.6. The first-order valence-electron chi connectivity index (χ1n) is 21.5. The Balaban J connectivity index is 1.21. The molecule has 0 saturated carbocycles. The second-order valence-corrected chi connectivity index (χ2v) is 10.6. The molecule has 0 saturated heterocycles. The summed E-state index contributed by atoms with van der Waals surface area (Å²) in [4.78, 5) is 13.5. The van der Waals surface area contributed by atoms with Gasteiger partial charge in [0.2, 0.25) is 0 Å². The number of rotatable bonds is 5. The summed E-state index contributed by atoms with van der Waals surface area (Å²) in [7, 11) is 0. The quantitative estimate of drug-likeness (QED) is 0.193. The van der Waals surface area contributed by atoms with Gasteiger partial charge >= 0.3 is 0 Å². The molecule has 47 heavy (non-hydrogen) atoms. The van der Waals surface area contributed by atoms with Crippen molar-refractivity contribution < 1.29 is 23.9 Å². The third kappa shape index (κ3) is 4.93. The summed E-state index contributed by atoms with van der Waals surface area (Å²) in [5.41, 5.74) is 2.05. The van der Waals surface area contributed by atoms with Crippen LogP contribution in [0.1, 0.15) is 19.2 Å². The van der Waals surface area contributed by atoms with E-state index in [4.69, 9.17) is 23.9 Å². The SMILES string of the molecule is [2H]c1c([2H])c([2H])c(-c2nc(-c3ccc(-c4ccc5c(c4)-c4cccc6cccc(c46)O5)cc3)nc(-c3c([2H])c([2H])c(-c4c([2H])c([2H])c([2H])c([2H])c4[2H])c([2H])c3[2H])n2)c([2H])c1[2H]. The molecule has 0 bridgehead atoms. The molecule has 1 aliphatic rings. The van der Waals surface area contributed by atoms with Gasteiger partial charge in [0.25, 0.3) is 0 Å². The summed E-state index contributed by atoms with van der Waals surface area (Å²) in [6.45, 7) is 0. The summed E-state index contributed by atoms with van der Waals surface area (Å²) in [5, 5.41) is 2.06. The van der Waals surface area contributed by atoms with E-state index in [2.05, 4.69) is 15.0 Å². The lowest BCUT2D eigenvalue weighted by Crippen LogP contribution is -2.00. The number of benzene rings is 7. The van der Waals surface area contributed by atoms with Gasteiger partial charge in [-0.15, -0.1) is 0 Å². The molecule has 0 unspecified atom stereocenters. The number of nitrogens with zero attached hydrogens (tertiary/aromatic N) is 3. The minimum atomic E-state index is -0.750. The van der Waals surface area contributed by atoms with Gasteiger partial charge in [-0.3, -0.25) is 0 Å². The fourth-order valence-corrected chi connectivity index (χ4v) is 5.57. The Hall–Kier alpha value is -6.39. The Kier molecular flexibility index (Phi) is 3.87. The molecule has 0 N–H and O–H groups in total. The molecule has 0 radical (unpaired) electrons. The largest absolute Gasteiger partial charge is 0.456 e. The molecule has 4 nitrogen and oxygen atoms in total. The number of fused-ring (bicyclic) bond motifs is 2. The molecule has 0 amide bonds. The third-order valence-electron chi connectivity index (χ3n) is 7.79. The molecule has 0 aliphatic carbocycles. The van der Waals surface area contributed by atoms with Crippen LogP contribution in [-0.4, -0.2) is 15.0 Å². The van der Waals surface area contributed by atoms with Crippen LogP contribution >= 0.6 is 0 Å². The molecule has 9 rings (SSSR count). The molecule has 0 atom stereocenters. The van der Waals surface area contributed by atoms with Crippen LogP contribution in [0, 0.1) is 0 Å². The van der Waals surface area contributed by atoms with Crippen LogP contribution in [0.15, 0.2) is 163 Å². The highest BCUT2D eigenvalue weighted by Gasteiger charge is 2.20. The maximum Gasteiger partial charge on any atom is 0.164 e. The molecule has 0 spiro atoms. The van der Waals surface area contributed by atoms with Crippen molar-refractivity contribution in [2.24, 2.45) is 0 Å². The lowest BCUT2D eigenvalue weighted by molar-refractivity contribution is 0.487. The summed E-state index contributed by atoms with van der Waals surface area (Å²) in [5.74, 6) is 0.545. The molecule has 1 aromatic heterocycles. The fourth-order valence-electron chi connectivity index (χ4n) is 5.57. The van der Waals surface area contributed by atoms with Crippen LogP contribution in [0.25, 0.3) is 78.3 Å². The Bertz CT molecular complexity index is 3140. The third-order valence-corrected chi connectivity index (χ3v) is 7.79. The molecule has 1 aliphatic heterocycles. The first-order chi connectivity index (χ1) is 29.1. The fraction of sp³-hybridized carbons (Fsp3) is 0. The maximum atomic E-state index is 9.04. The highest BCUT2D eigenvalue weighted by atomic mass is 16.5. The van der Waals surface area contributed by atoms with Gasteiger partial charge in [-0.1, -0.05) is 145 Å². The van der Waals surface area contributed by atoms with Gasteiger partial charge in [-0.05, 0) is 51.4 Å². The van der Waals surface area contributed by atoms with E-state index >= 15 is 0 Å². The monoisotopic (exact) mass is 615 g/mol. The normalized spacial score (nSPS) is 15.7. The maximum absolute atomic E-state index is 9.04. The van der Waals surface area contributed by atoms with Gasteiger partial charge in [0, 0.05) is 27.6 Å². The zero-order valence-electron chi connectivity index (χ0n) is 38.3. The Labute approximate surface area is 292 Å². The van der Waals surface area contributed by atoms with Crippen molar-refractivity contribution in [3.05, 3.63) is 163 Å². The molecule has 7 aromatic carbocycles. The molecule has 8 aromatic rings. The van der Waals surface area contributed by atoms with E-state index in [0.29, 0.717) is 11.3 Å². The van der Waals surface area contributed by atoms with Gasteiger partial charge in [-0.25, -0.2) is 15.0 Å². The van der Waals surface area contributed by atoms with Crippen LogP contribution < -0.4 is 4.74 Å². The van der Waals surface area contributed by atoms with Crippen molar-refractivity contribution >= 4 is 10.8 Å². The van der Waals surface area contributed by atoms with E-state index in [1.54, 1.807) is 12.1 Å². The predicted molar refractivity (Wildman–Crippen MR) is 190 cm³/mol. The average molecular weight is 616 g/mol. The van der Waals surface area contributed by atoms with Gasteiger partial charge in [0.15, 0.2) is 17.5 Å². The number of ether oxygens (including phenoxy) is 1. The lowest BCUT2D eigenvalue weighted by atomic mass is 9.92. The average Bonchev–Trinajstić information content (AvgIpc) is 3.27. The van der Waals surface area contributed by atoms with Crippen molar-refractivity contribution in [3.63, 3.8) is 0 Å². The van der Waals surface area contributed by atoms with Crippen molar-refractivity contribution in [2.75, 3.05) is 0 Å². The van der Waals surface area contributed by atoms with Crippen molar-refractivity contribution in [3.8, 4) is 79.0 Å². The van der Waals surface area contributed by atoms with E-state index in [1.807, 2.05) is 66.7 Å². The van der Waals surface area contributed by atoms with Crippen molar-refractivity contribution in [1.82, 2.24) is 15.0 Å². The Morgan fingerprint density at radius 2 is 0.936 bits per heavy atom. The first-order valence-corrected chi connectivity index (χ1v) is 14.5. The van der Waals surface area contributed by atoms with E-state index in [1.165, 1.54) is 0 Å². The van der Waals surface area contributed by atoms with Crippen LogP contribution in [0.3, 0.4) is 0 Å². The smallest absolute Gasteiger partial charge is 0.164 e. The molecule has 220 valence electrons. The summed E-state index contributed by atoms with van der Waals surface area (Å²) < 4.78 is 125. The van der Waals surface area contributed by atoms with Crippen LogP contribution in [-0.2, 0) is 0 Å². The highest BCUT2D eigenvalue weighted by Crippen LogP contribution is 2.47. The van der Waals surface area contributed by atoms with Crippen molar-refractivity contribution in [2.45, 2.75) is 0 Å². The van der Waals surface area contributed by atoms with Gasteiger partial charge in [0.1, 0.15) is 11.5 Å². The van der Waals surface area contributed by atoms with Gasteiger partial charge < -0.3 is 4.74 Å². The molecule has 2 heterocycles. The van der Waals surface area contributed by atoms with Gasteiger partial charge in [-0.2, -0.15) is 0 Å². The number of hydrogen-bond acceptors (Lipinski definition) is 4. The Morgan fingerprint density at radius 3 is 1.64 bits per heavy atom. The van der Waals surface area contributed by atoms with Crippen LogP contribution in [0.4, 0.5) is 0 Å². The predicted octanol–water partition coefficient (Wildman–Crippen LogP) is 11.1. The minimum Gasteiger partial charge on any atom is -0.456 e. The molecular formula is C43H27N3O. The van der Waals surface area contributed by atoms with Crippen LogP contribution in [0.5, 0.6) is 11.5 Å². The van der Waals surface area contributed by atoms with E-state index < -0.39 is 118 Å². The standard InChI is InChI=1S/C43H27N3O/c1-3-9-28(10-4-1)29-17-21-33(22-18-29)42-44-41(32-11-5-2-6-12-32)45-43(46-42)34-23-19-30(20-24-34)35-25-26-38-37(27-35)36-15-7-13-31-14-8-16-39(47-38)40(31)36/h1-27H/i1D,2D,3D,4D,5D,6D,9D,10D,11D,12D,17D,18D,21D,22D. The summed E-state index contributed by atoms with van der Waals surface area (Å²) in [6, 6.07) is 15.1. The van der Waals surface area contributed by atoms with E-state index in [9.17, 15) is 0 Å². The van der Waals surface area contributed by atoms with Crippen molar-refractivity contribution in [1.29, 1.82) is 0 Å². The van der Waals surface area contributed by atoms with E-state index in [0.717, 1.165) is 38.8 Å². The van der Waals surface area contributed by atoms with Gasteiger partial charge in [0.05, 0.1) is 19.2 Å². The summed E-state index contributed by atoms with van der Waals surface area (Å²) in [6.07, 6.45) is 0. The lowest BCUT2D eigenvalue weighted by Gasteiger charge is -2.22. The van der Waals surface area contributed by atoms with E-state index in [-0.39, 0.29) is 5.82 Å². The number of hydrogen-bond donors (Lipinski definition) is 0. The second kappa shape index (κ2) is 11.2. The Morgan fingerprint density at radius 1 is 0.404 bits per heavy atom. The number of aromatic nitrogens is 3. The zero-order valence-corrected chi connectivity index (χ0v) is 24.3. The van der Waals surface area contributed by atoms with Crippen LogP contribution in [0.2, 0.25) is 0 Å². The zero-order chi connectivity index (χ0) is 43.3. The molecule has 0 fully saturated rings. The summed E-state index contributed by atoms with van der Waals surface area (Å²) >= 11 is 0. The first kappa shape index (κ1) is 16.3. The topological polar surface area (TPSA) is 47.9 Å². The minimum absolute atomic E-state index is 0.0907. The highest BCUT2D eigenvalue weighted by molar-refractivity contribution is 6.04. The molecule has 4 heteroatoms.